The number of nitrogens with one attached hydrogen (secondary N) is 2. The van der Waals surface area contributed by atoms with Gasteiger partial charge in [0.15, 0.2) is 0 Å². The van der Waals surface area contributed by atoms with Gasteiger partial charge in [0.25, 0.3) is 15.9 Å². The molecule has 6 nitrogen and oxygen atoms in total. The number of anilines is 1. The number of benzene rings is 3. The summed E-state index contributed by atoms with van der Waals surface area (Å²) in [7, 11) is -3.30. The number of halogens is 3. The molecule has 0 spiro atoms. The van der Waals surface area contributed by atoms with Crippen LogP contribution in [0.15, 0.2) is 77.7 Å². The van der Waals surface area contributed by atoms with Crippen molar-refractivity contribution in [3.63, 3.8) is 0 Å². The third kappa shape index (κ3) is 5.38. The average molecular weight is 464 g/mol. The molecule has 2 N–H and O–H groups in total. The summed E-state index contributed by atoms with van der Waals surface area (Å²) in [6, 6.07) is 16.8. The van der Waals surface area contributed by atoms with Crippen molar-refractivity contribution in [1.82, 2.24) is 5.32 Å². The van der Waals surface area contributed by atoms with Crippen LogP contribution in [-0.4, -0.2) is 21.4 Å². The lowest BCUT2D eigenvalue weighted by atomic mass is 10.1. The van der Waals surface area contributed by atoms with E-state index in [-0.39, 0.29) is 23.5 Å². The zero-order chi connectivity index (χ0) is 23.4. The summed E-state index contributed by atoms with van der Waals surface area (Å²) in [5.74, 6) is -0.358. The Balaban J connectivity index is 1.94. The molecule has 0 bridgehead atoms. The SMILES string of the molecule is COc1ccc(NS(=O)(=O)c2ccccc2C(F)(F)F)c(C(=O)NCc2ccccc2)c1. The van der Waals surface area contributed by atoms with Crippen molar-refractivity contribution < 1.29 is 31.1 Å². The fourth-order valence-electron chi connectivity index (χ4n) is 2.94. The highest BCUT2D eigenvalue weighted by Crippen LogP contribution is 2.35. The van der Waals surface area contributed by atoms with Gasteiger partial charge in [-0.15, -0.1) is 0 Å². The molecule has 0 saturated heterocycles. The first-order chi connectivity index (χ1) is 15.1. The lowest BCUT2D eigenvalue weighted by Gasteiger charge is -2.17. The molecule has 0 fully saturated rings. The van der Waals surface area contributed by atoms with Gasteiger partial charge in [-0.3, -0.25) is 9.52 Å². The Labute approximate surface area is 183 Å². The molecule has 168 valence electrons. The number of ether oxygens (including phenoxy) is 1. The van der Waals surface area contributed by atoms with Crippen molar-refractivity contribution in [2.75, 3.05) is 11.8 Å². The number of sulfonamides is 1. The van der Waals surface area contributed by atoms with E-state index in [0.717, 1.165) is 17.7 Å². The van der Waals surface area contributed by atoms with E-state index >= 15 is 0 Å². The maximum absolute atomic E-state index is 13.3. The summed E-state index contributed by atoms with van der Waals surface area (Å²) in [5, 5.41) is 2.66. The molecule has 0 radical (unpaired) electrons. The molecule has 0 atom stereocenters. The smallest absolute Gasteiger partial charge is 0.417 e. The Kier molecular flexibility index (Phi) is 6.73. The highest BCUT2D eigenvalue weighted by atomic mass is 32.2. The molecule has 0 aliphatic heterocycles. The zero-order valence-electron chi connectivity index (χ0n) is 16.8. The van der Waals surface area contributed by atoms with Gasteiger partial charge in [-0.1, -0.05) is 42.5 Å². The number of hydrogen-bond donors (Lipinski definition) is 2. The molecule has 0 aliphatic carbocycles. The van der Waals surface area contributed by atoms with E-state index in [1.54, 1.807) is 24.3 Å². The fourth-order valence-corrected chi connectivity index (χ4v) is 4.24. The summed E-state index contributed by atoms with van der Waals surface area (Å²) in [5.41, 5.74) is -0.789. The van der Waals surface area contributed by atoms with Crippen LogP contribution >= 0.6 is 0 Å². The summed E-state index contributed by atoms with van der Waals surface area (Å²) in [6.45, 7) is 0.167. The van der Waals surface area contributed by atoms with Crippen LogP contribution in [0, 0.1) is 0 Å². The van der Waals surface area contributed by atoms with Crippen LogP contribution in [0.25, 0.3) is 0 Å². The Morgan fingerprint density at radius 3 is 2.28 bits per heavy atom. The summed E-state index contributed by atoms with van der Waals surface area (Å²) >= 11 is 0. The minimum absolute atomic E-state index is 0.103. The van der Waals surface area contributed by atoms with Crippen LogP contribution in [0.4, 0.5) is 18.9 Å². The summed E-state index contributed by atoms with van der Waals surface area (Å²) in [6.07, 6.45) is -4.87. The first kappa shape index (κ1) is 23.1. The first-order valence-corrected chi connectivity index (χ1v) is 10.8. The lowest BCUT2D eigenvalue weighted by molar-refractivity contribution is -0.139. The molecule has 0 heterocycles. The molecule has 0 unspecified atom stereocenters. The van der Waals surface area contributed by atoms with Crippen LogP contribution in [-0.2, 0) is 22.7 Å². The molecule has 0 aliphatic rings. The number of carbonyl (C=O) groups is 1. The van der Waals surface area contributed by atoms with E-state index in [9.17, 15) is 26.4 Å². The minimum atomic E-state index is -4.87. The average Bonchev–Trinajstić information content (AvgIpc) is 2.77. The lowest BCUT2D eigenvalue weighted by Crippen LogP contribution is -2.25. The number of alkyl halides is 3. The quantitative estimate of drug-likeness (QED) is 0.541. The van der Waals surface area contributed by atoms with Gasteiger partial charge in [-0.2, -0.15) is 13.2 Å². The summed E-state index contributed by atoms with van der Waals surface area (Å²) < 4.78 is 72.7. The van der Waals surface area contributed by atoms with Crippen LogP contribution in [0.5, 0.6) is 5.75 Å². The van der Waals surface area contributed by atoms with Gasteiger partial charge >= 0.3 is 6.18 Å². The van der Waals surface area contributed by atoms with Gasteiger partial charge in [0, 0.05) is 6.54 Å². The zero-order valence-corrected chi connectivity index (χ0v) is 17.6. The van der Waals surface area contributed by atoms with Crippen LogP contribution in [0.2, 0.25) is 0 Å². The number of carbonyl (C=O) groups excluding carboxylic acids is 1. The number of hydrogen-bond acceptors (Lipinski definition) is 4. The van der Waals surface area contributed by atoms with Gasteiger partial charge < -0.3 is 10.1 Å². The standard InChI is InChI=1S/C22H19F3N2O4S/c1-31-16-11-12-19(17(13-16)21(28)26-14-15-7-3-2-4-8-15)27-32(29,30)20-10-6-5-9-18(20)22(23,24)25/h2-13,27H,14H2,1H3,(H,26,28). The van der Waals surface area contributed by atoms with Gasteiger partial charge in [0.05, 0.1) is 28.8 Å². The van der Waals surface area contributed by atoms with Gasteiger partial charge in [-0.05, 0) is 35.9 Å². The monoisotopic (exact) mass is 464 g/mol. The number of rotatable bonds is 7. The number of amides is 1. The molecular weight excluding hydrogens is 445 g/mol. The molecule has 10 heteroatoms. The first-order valence-electron chi connectivity index (χ1n) is 9.31. The van der Waals surface area contributed by atoms with E-state index in [1.807, 2.05) is 6.07 Å². The van der Waals surface area contributed by atoms with Gasteiger partial charge in [0.2, 0.25) is 0 Å². The van der Waals surface area contributed by atoms with Crippen LogP contribution in [0.1, 0.15) is 21.5 Å². The normalized spacial score (nSPS) is 11.6. The van der Waals surface area contributed by atoms with Crippen LogP contribution in [0.3, 0.4) is 0 Å². The molecule has 3 aromatic carbocycles. The van der Waals surface area contributed by atoms with Gasteiger partial charge in [-0.25, -0.2) is 8.42 Å². The Morgan fingerprint density at radius 2 is 1.62 bits per heavy atom. The van der Waals surface area contributed by atoms with Crippen molar-refractivity contribution >= 4 is 21.6 Å². The third-order valence-electron chi connectivity index (χ3n) is 4.49. The van der Waals surface area contributed by atoms with E-state index in [2.05, 4.69) is 10.0 Å². The Hall–Kier alpha value is -3.53. The largest absolute Gasteiger partial charge is 0.497 e. The maximum atomic E-state index is 13.3. The second kappa shape index (κ2) is 9.31. The second-order valence-corrected chi connectivity index (χ2v) is 8.33. The molecule has 32 heavy (non-hydrogen) atoms. The van der Waals surface area contributed by atoms with Crippen molar-refractivity contribution in [2.24, 2.45) is 0 Å². The molecule has 0 aromatic heterocycles. The van der Waals surface area contributed by atoms with E-state index in [1.165, 1.54) is 31.4 Å². The molecular formula is C22H19F3N2O4S. The second-order valence-electron chi connectivity index (χ2n) is 6.68. The maximum Gasteiger partial charge on any atom is 0.417 e. The van der Waals surface area contributed by atoms with Crippen molar-refractivity contribution in [3.8, 4) is 5.75 Å². The van der Waals surface area contributed by atoms with E-state index in [0.29, 0.717) is 6.07 Å². The topological polar surface area (TPSA) is 84.5 Å². The minimum Gasteiger partial charge on any atom is -0.497 e. The van der Waals surface area contributed by atoms with E-state index < -0.39 is 32.6 Å². The fraction of sp³-hybridized carbons (Fsp3) is 0.136. The predicted molar refractivity (Wildman–Crippen MR) is 113 cm³/mol. The third-order valence-corrected chi connectivity index (χ3v) is 5.92. The van der Waals surface area contributed by atoms with Crippen LogP contribution < -0.4 is 14.8 Å². The Morgan fingerprint density at radius 1 is 0.969 bits per heavy atom. The predicted octanol–water partition coefficient (Wildman–Crippen LogP) is 4.44. The van der Waals surface area contributed by atoms with Crippen molar-refractivity contribution in [3.05, 3.63) is 89.5 Å². The molecule has 1 amide bonds. The molecule has 3 rings (SSSR count). The highest BCUT2D eigenvalue weighted by Gasteiger charge is 2.37. The Bertz CT molecular complexity index is 1210. The number of methoxy groups -OCH3 is 1. The van der Waals surface area contributed by atoms with Crippen molar-refractivity contribution in [1.29, 1.82) is 0 Å². The van der Waals surface area contributed by atoms with Gasteiger partial charge in [0.1, 0.15) is 5.75 Å². The highest BCUT2D eigenvalue weighted by molar-refractivity contribution is 7.92. The summed E-state index contributed by atoms with van der Waals surface area (Å²) in [4.78, 5) is 11.8. The molecule has 3 aromatic rings. The molecule has 0 saturated carbocycles. The van der Waals surface area contributed by atoms with E-state index in [4.69, 9.17) is 4.74 Å². The van der Waals surface area contributed by atoms with Crippen molar-refractivity contribution in [2.45, 2.75) is 17.6 Å².